The molecule has 0 aromatic carbocycles. The Hall–Kier alpha value is -2.69. The SMILES string of the molecule is O=C(NC12CC3CC(CC(C3)C1)C2)c1[nH]c(-c2ccccn2)c2cccc[n+]12. The molecule has 0 radical (unpaired) electrons. The number of nitrogens with zero attached hydrogens (tertiary/aromatic N) is 2. The molecular weight excluding hydrogens is 348 g/mol. The van der Waals surface area contributed by atoms with E-state index in [-0.39, 0.29) is 11.4 Å². The average Bonchev–Trinajstić information content (AvgIpc) is 3.07. The lowest BCUT2D eigenvalue weighted by molar-refractivity contribution is -0.514. The highest BCUT2D eigenvalue weighted by atomic mass is 16.2. The number of aromatic nitrogens is 3. The van der Waals surface area contributed by atoms with Crippen LogP contribution in [0.2, 0.25) is 0 Å². The Morgan fingerprint density at radius 3 is 2.43 bits per heavy atom. The Kier molecular flexibility index (Phi) is 3.43. The zero-order valence-corrected chi connectivity index (χ0v) is 15.9. The van der Waals surface area contributed by atoms with Crippen LogP contribution in [0.3, 0.4) is 0 Å². The van der Waals surface area contributed by atoms with Crippen molar-refractivity contribution in [2.75, 3.05) is 0 Å². The van der Waals surface area contributed by atoms with Crippen molar-refractivity contribution in [3.63, 3.8) is 0 Å². The van der Waals surface area contributed by atoms with E-state index in [0.717, 1.165) is 53.9 Å². The van der Waals surface area contributed by atoms with Gasteiger partial charge in [0.25, 0.3) is 0 Å². The second kappa shape index (κ2) is 5.90. The van der Waals surface area contributed by atoms with Gasteiger partial charge in [-0.25, -0.2) is 4.98 Å². The maximum Gasteiger partial charge on any atom is 0.351 e. The van der Waals surface area contributed by atoms with Gasteiger partial charge in [0.05, 0.1) is 6.20 Å². The zero-order valence-electron chi connectivity index (χ0n) is 15.9. The van der Waals surface area contributed by atoms with Gasteiger partial charge in [-0.3, -0.25) is 9.78 Å². The molecular formula is C23H25N4O+. The number of hydrogen-bond acceptors (Lipinski definition) is 2. The number of rotatable bonds is 3. The summed E-state index contributed by atoms with van der Waals surface area (Å²) >= 11 is 0. The Morgan fingerprint density at radius 1 is 1.04 bits per heavy atom. The third kappa shape index (κ3) is 2.49. The maximum absolute atomic E-state index is 13.4. The molecule has 3 aromatic rings. The van der Waals surface area contributed by atoms with E-state index in [1.165, 1.54) is 19.3 Å². The van der Waals surface area contributed by atoms with Gasteiger partial charge >= 0.3 is 11.7 Å². The molecule has 142 valence electrons. The fourth-order valence-electron chi connectivity index (χ4n) is 6.52. The first-order chi connectivity index (χ1) is 13.7. The summed E-state index contributed by atoms with van der Waals surface area (Å²) < 4.78 is 1.96. The van der Waals surface area contributed by atoms with Crippen molar-refractivity contribution in [2.24, 2.45) is 17.8 Å². The normalized spacial score (nSPS) is 30.6. The molecule has 28 heavy (non-hydrogen) atoms. The Labute approximate surface area is 164 Å². The minimum atomic E-state index is 0.00374. The quantitative estimate of drug-likeness (QED) is 0.690. The molecule has 3 aromatic heterocycles. The van der Waals surface area contributed by atoms with Gasteiger partial charge in [-0.2, -0.15) is 4.40 Å². The minimum absolute atomic E-state index is 0.00374. The van der Waals surface area contributed by atoms with E-state index in [1.807, 2.05) is 47.0 Å². The third-order valence-electron chi connectivity index (χ3n) is 7.15. The Morgan fingerprint density at radius 2 is 1.75 bits per heavy atom. The number of nitrogens with one attached hydrogen (secondary N) is 2. The van der Waals surface area contributed by atoms with E-state index >= 15 is 0 Å². The molecule has 5 heteroatoms. The lowest BCUT2D eigenvalue weighted by Crippen LogP contribution is -2.60. The van der Waals surface area contributed by atoms with E-state index < -0.39 is 0 Å². The van der Waals surface area contributed by atoms with Crippen molar-refractivity contribution >= 4 is 11.4 Å². The van der Waals surface area contributed by atoms with Crippen LogP contribution in [0, 0.1) is 17.8 Å². The number of H-pyrrole nitrogens is 1. The van der Waals surface area contributed by atoms with Crippen molar-refractivity contribution in [3.8, 4) is 11.4 Å². The number of aromatic amines is 1. The second-order valence-electron chi connectivity index (χ2n) is 9.17. The molecule has 1 amide bonds. The van der Waals surface area contributed by atoms with Crippen molar-refractivity contribution in [2.45, 2.75) is 44.1 Å². The highest BCUT2D eigenvalue weighted by Crippen LogP contribution is 2.55. The fraction of sp³-hybridized carbons (Fsp3) is 0.435. The van der Waals surface area contributed by atoms with Crippen LogP contribution in [0.1, 0.15) is 49.1 Å². The summed E-state index contributed by atoms with van der Waals surface area (Å²) in [5.74, 6) is 3.02. The lowest BCUT2D eigenvalue weighted by Gasteiger charge is -2.56. The van der Waals surface area contributed by atoms with Crippen LogP contribution >= 0.6 is 0 Å². The molecule has 2 N–H and O–H groups in total. The lowest BCUT2D eigenvalue weighted by atomic mass is 9.53. The molecule has 0 aliphatic heterocycles. The van der Waals surface area contributed by atoms with E-state index in [1.54, 1.807) is 6.20 Å². The summed E-state index contributed by atoms with van der Waals surface area (Å²) in [4.78, 5) is 21.3. The zero-order chi connectivity index (χ0) is 18.7. The van der Waals surface area contributed by atoms with Gasteiger partial charge in [0.2, 0.25) is 0 Å². The highest BCUT2D eigenvalue weighted by Gasteiger charge is 2.52. The maximum atomic E-state index is 13.4. The van der Waals surface area contributed by atoms with Crippen molar-refractivity contribution in [1.82, 2.24) is 15.3 Å². The summed E-state index contributed by atoms with van der Waals surface area (Å²) in [7, 11) is 0. The molecule has 0 saturated heterocycles. The number of carbonyl (C=O) groups excluding carboxylic acids is 1. The molecule has 4 aliphatic rings. The first-order valence-electron chi connectivity index (χ1n) is 10.5. The Bertz CT molecular complexity index is 1020. The van der Waals surface area contributed by atoms with Crippen molar-refractivity contribution in [3.05, 3.63) is 54.6 Å². The molecule has 5 nitrogen and oxygen atoms in total. The molecule has 4 fully saturated rings. The fourth-order valence-corrected chi connectivity index (χ4v) is 6.52. The van der Waals surface area contributed by atoms with Gasteiger partial charge in [0.15, 0.2) is 11.2 Å². The Balaban J connectivity index is 1.38. The number of amides is 1. The molecule has 4 saturated carbocycles. The van der Waals surface area contributed by atoms with Crippen molar-refractivity contribution in [1.29, 1.82) is 0 Å². The van der Waals surface area contributed by atoms with Gasteiger partial charge in [-0.05, 0) is 80.5 Å². The largest absolute Gasteiger partial charge is 0.351 e. The predicted octanol–water partition coefficient (Wildman–Crippen LogP) is 3.51. The predicted molar refractivity (Wildman–Crippen MR) is 106 cm³/mol. The molecule has 4 aliphatic carbocycles. The van der Waals surface area contributed by atoms with E-state index in [9.17, 15) is 4.79 Å². The number of pyridine rings is 2. The smallest absolute Gasteiger partial charge is 0.340 e. The summed E-state index contributed by atoms with van der Waals surface area (Å²) in [5, 5.41) is 3.49. The van der Waals surface area contributed by atoms with Gasteiger partial charge in [0, 0.05) is 11.7 Å². The third-order valence-corrected chi connectivity index (χ3v) is 7.15. The van der Waals surface area contributed by atoms with Crippen LogP contribution in [0.15, 0.2) is 48.8 Å². The molecule has 4 bridgehead atoms. The number of carbonyl (C=O) groups is 1. The first-order valence-corrected chi connectivity index (χ1v) is 10.5. The van der Waals surface area contributed by atoms with Crippen LogP contribution in [0.25, 0.3) is 16.9 Å². The van der Waals surface area contributed by atoms with Crippen LogP contribution < -0.4 is 9.72 Å². The number of imidazole rings is 1. The molecule has 0 spiro atoms. The van der Waals surface area contributed by atoms with Gasteiger partial charge < -0.3 is 5.32 Å². The molecule has 0 atom stereocenters. The van der Waals surface area contributed by atoms with Crippen LogP contribution in [-0.2, 0) is 0 Å². The van der Waals surface area contributed by atoms with E-state index in [4.69, 9.17) is 0 Å². The second-order valence-corrected chi connectivity index (χ2v) is 9.17. The topological polar surface area (TPSA) is 61.9 Å². The standard InChI is InChI=1S/C23H24N4O/c28-22(26-23-12-15-9-16(13-23)11-17(10-15)14-23)21-25-20(18-5-1-3-7-24-18)19-6-2-4-8-27(19)21/h1-8,15-17H,9-14H2,(H,26,28)/p+1. The number of hydrogen-bond donors (Lipinski definition) is 2. The summed E-state index contributed by atoms with van der Waals surface area (Å²) in [5.41, 5.74) is 2.71. The van der Waals surface area contributed by atoms with Gasteiger partial charge in [0.1, 0.15) is 5.69 Å². The van der Waals surface area contributed by atoms with E-state index in [2.05, 4.69) is 15.3 Å². The van der Waals surface area contributed by atoms with Crippen LogP contribution in [0.5, 0.6) is 0 Å². The minimum Gasteiger partial charge on any atom is -0.340 e. The summed E-state index contributed by atoms with van der Waals surface area (Å²) in [6.45, 7) is 0. The first kappa shape index (κ1) is 16.3. The van der Waals surface area contributed by atoms with Crippen LogP contribution in [0.4, 0.5) is 0 Å². The molecule has 0 unspecified atom stereocenters. The van der Waals surface area contributed by atoms with Crippen LogP contribution in [-0.4, -0.2) is 21.4 Å². The van der Waals surface area contributed by atoms with E-state index in [0.29, 0.717) is 5.82 Å². The van der Waals surface area contributed by atoms with Gasteiger partial charge in [-0.15, -0.1) is 0 Å². The van der Waals surface area contributed by atoms with Gasteiger partial charge in [-0.1, -0.05) is 12.1 Å². The highest BCUT2D eigenvalue weighted by molar-refractivity contribution is 5.91. The monoisotopic (exact) mass is 373 g/mol. The number of fused-ring (bicyclic) bond motifs is 1. The molecule has 7 rings (SSSR count). The molecule has 3 heterocycles. The summed E-state index contributed by atoms with van der Waals surface area (Å²) in [6.07, 6.45) is 11.3. The average molecular weight is 373 g/mol. The summed E-state index contributed by atoms with van der Waals surface area (Å²) in [6, 6.07) is 11.8. The van der Waals surface area contributed by atoms with Crippen molar-refractivity contribution < 1.29 is 9.20 Å².